The first-order valence-electron chi connectivity index (χ1n) is 7.72. The van der Waals surface area contributed by atoms with Crippen LogP contribution in [-0.4, -0.2) is 41.9 Å². The molecule has 6 nitrogen and oxygen atoms in total. The van der Waals surface area contributed by atoms with Crippen molar-refractivity contribution in [3.05, 3.63) is 6.33 Å². The van der Waals surface area contributed by atoms with E-state index >= 15 is 0 Å². The van der Waals surface area contributed by atoms with E-state index in [4.69, 9.17) is 4.74 Å². The first-order valence-corrected chi connectivity index (χ1v) is 7.72. The summed E-state index contributed by atoms with van der Waals surface area (Å²) in [6.07, 6.45) is 7.28. The molecule has 1 aliphatic rings. The van der Waals surface area contributed by atoms with Crippen LogP contribution in [0.5, 0.6) is 5.75 Å². The molecule has 0 amide bonds. The van der Waals surface area contributed by atoms with E-state index in [0.29, 0.717) is 23.9 Å². The lowest BCUT2D eigenvalue weighted by molar-refractivity contribution is 0.0942. The molecular weight excluding hydrogens is 268 g/mol. The van der Waals surface area contributed by atoms with Gasteiger partial charge >= 0.3 is 0 Å². The van der Waals surface area contributed by atoms with Crippen LogP contribution in [0.1, 0.15) is 39.0 Å². The summed E-state index contributed by atoms with van der Waals surface area (Å²) in [5.41, 5.74) is -0.0352. The van der Waals surface area contributed by atoms with Gasteiger partial charge in [0.15, 0.2) is 11.6 Å². The summed E-state index contributed by atoms with van der Waals surface area (Å²) in [6.45, 7) is 3.71. The fourth-order valence-electron chi connectivity index (χ4n) is 2.95. The van der Waals surface area contributed by atoms with Crippen LogP contribution in [0.3, 0.4) is 0 Å². The average Bonchev–Trinajstić information content (AvgIpc) is 2.54. The molecule has 0 aromatic carbocycles. The van der Waals surface area contributed by atoms with Crippen molar-refractivity contribution in [3.8, 4) is 5.75 Å². The van der Waals surface area contributed by atoms with E-state index in [2.05, 4.69) is 20.6 Å². The Bertz CT molecular complexity index is 447. The van der Waals surface area contributed by atoms with E-state index in [1.165, 1.54) is 25.6 Å². The maximum absolute atomic E-state index is 9.77. The highest BCUT2D eigenvalue weighted by Gasteiger charge is 2.31. The number of aliphatic hydroxyl groups is 1. The van der Waals surface area contributed by atoms with Gasteiger partial charge in [0.25, 0.3) is 0 Å². The zero-order chi connectivity index (χ0) is 15.1. The van der Waals surface area contributed by atoms with Crippen molar-refractivity contribution in [2.75, 3.05) is 37.4 Å². The molecule has 0 unspecified atom stereocenters. The number of hydrogen-bond acceptors (Lipinski definition) is 6. The van der Waals surface area contributed by atoms with Crippen molar-refractivity contribution in [3.63, 3.8) is 0 Å². The van der Waals surface area contributed by atoms with Gasteiger partial charge in [-0.25, -0.2) is 9.97 Å². The predicted octanol–water partition coefficient (Wildman–Crippen LogP) is 2.27. The molecule has 0 bridgehead atoms. The molecule has 1 aromatic heterocycles. The zero-order valence-corrected chi connectivity index (χ0v) is 13.0. The molecule has 21 heavy (non-hydrogen) atoms. The lowest BCUT2D eigenvalue weighted by Gasteiger charge is -2.35. The maximum Gasteiger partial charge on any atom is 0.204 e. The summed E-state index contributed by atoms with van der Waals surface area (Å²) in [6, 6.07) is 0. The van der Waals surface area contributed by atoms with Gasteiger partial charge in [-0.1, -0.05) is 19.3 Å². The largest absolute Gasteiger partial charge is 0.490 e. The molecule has 0 spiro atoms. The third-order valence-electron chi connectivity index (χ3n) is 4.23. The SMILES string of the molecule is CCNc1ncnc(NCC2(CO)CCCCC2)c1OC. The third kappa shape index (κ3) is 3.75. The molecule has 1 saturated carbocycles. The Hall–Kier alpha value is -1.56. The molecule has 1 aromatic rings. The van der Waals surface area contributed by atoms with E-state index in [9.17, 15) is 5.11 Å². The van der Waals surface area contributed by atoms with Crippen molar-refractivity contribution < 1.29 is 9.84 Å². The first-order chi connectivity index (χ1) is 10.2. The molecule has 6 heteroatoms. The molecule has 0 aliphatic heterocycles. The monoisotopic (exact) mass is 294 g/mol. The predicted molar refractivity (Wildman–Crippen MR) is 83.8 cm³/mol. The lowest BCUT2D eigenvalue weighted by Crippen LogP contribution is -2.35. The Morgan fingerprint density at radius 1 is 1.19 bits per heavy atom. The van der Waals surface area contributed by atoms with Crippen molar-refractivity contribution >= 4 is 11.6 Å². The van der Waals surface area contributed by atoms with Gasteiger partial charge in [0.05, 0.1) is 13.7 Å². The summed E-state index contributed by atoms with van der Waals surface area (Å²) < 4.78 is 5.42. The second-order valence-corrected chi connectivity index (χ2v) is 5.71. The number of methoxy groups -OCH3 is 1. The molecule has 118 valence electrons. The van der Waals surface area contributed by atoms with E-state index < -0.39 is 0 Å². The Morgan fingerprint density at radius 2 is 1.86 bits per heavy atom. The van der Waals surface area contributed by atoms with E-state index in [-0.39, 0.29) is 12.0 Å². The van der Waals surface area contributed by atoms with Crippen LogP contribution >= 0.6 is 0 Å². The minimum atomic E-state index is -0.0352. The molecule has 2 rings (SSSR count). The number of nitrogens with one attached hydrogen (secondary N) is 2. The normalized spacial score (nSPS) is 17.3. The smallest absolute Gasteiger partial charge is 0.204 e. The second kappa shape index (κ2) is 7.45. The summed E-state index contributed by atoms with van der Waals surface area (Å²) in [7, 11) is 1.62. The molecular formula is C15H26N4O2. The van der Waals surface area contributed by atoms with Crippen LogP contribution in [-0.2, 0) is 0 Å². The first kappa shape index (κ1) is 15.8. The maximum atomic E-state index is 9.77. The molecule has 1 aliphatic carbocycles. The van der Waals surface area contributed by atoms with Gasteiger partial charge in [-0.2, -0.15) is 0 Å². The number of hydrogen-bond donors (Lipinski definition) is 3. The molecule has 0 saturated heterocycles. The Balaban J connectivity index is 2.09. The lowest BCUT2D eigenvalue weighted by atomic mass is 9.74. The van der Waals surface area contributed by atoms with Crippen LogP contribution in [0.15, 0.2) is 6.33 Å². The van der Waals surface area contributed by atoms with Crippen LogP contribution < -0.4 is 15.4 Å². The minimum Gasteiger partial charge on any atom is -0.490 e. The Morgan fingerprint density at radius 3 is 2.43 bits per heavy atom. The van der Waals surface area contributed by atoms with Gasteiger partial charge in [-0.05, 0) is 19.8 Å². The molecule has 3 N–H and O–H groups in total. The van der Waals surface area contributed by atoms with E-state index in [1.54, 1.807) is 7.11 Å². The van der Waals surface area contributed by atoms with Crippen molar-refractivity contribution in [1.29, 1.82) is 0 Å². The highest BCUT2D eigenvalue weighted by Crippen LogP contribution is 2.37. The van der Waals surface area contributed by atoms with Crippen molar-refractivity contribution in [2.45, 2.75) is 39.0 Å². The molecule has 0 radical (unpaired) electrons. The topological polar surface area (TPSA) is 79.3 Å². The highest BCUT2D eigenvalue weighted by atomic mass is 16.5. The average molecular weight is 294 g/mol. The quantitative estimate of drug-likeness (QED) is 0.716. The Kier molecular flexibility index (Phi) is 5.61. The van der Waals surface area contributed by atoms with Crippen molar-refractivity contribution in [1.82, 2.24) is 9.97 Å². The molecule has 0 atom stereocenters. The van der Waals surface area contributed by atoms with Gasteiger partial charge in [-0.15, -0.1) is 0 Å². The van der Waals surface area contributed by atoms with Crippen LogP contribution in [0.2, 0.25) is 0 Å². The number of aromatic nitrogens is 2. The fraction of sp³-hybridized carbons (Fsp3) is 0.733. The number of rotatable bonds is 7. The number of nitrogens with zero attached hydrogens (tertiary/aromatic N) is 2. The standard InChI is InChI=1S/C15H26N4O2/c1-3-16-13-12(21-2)14(19-11-18-13)17-9-15(10-20)7-5-4-6-8-15/h11,20H,3-10H2,1-2H3,(H2,16,17,18,19). The summed E-state index contributed by atoms with van der Waals surface area (Å²) in [4.78, 5) is 8.47. The minimum absolute atomic E-state index is 0.0352. The molecule has 1 heterocycles. The molecule has 1 fully saturated rings. The summed E-state index contributed by atoms with van der Waals surface area (Å²) in [5, 5.41) is 16.3. The van der Waals surface area contributed by atoms with Gasteiger partial charge in [-0.3, -0.25) is 0 Å². The van der Waals surface area contributed by atoms with Crippen LogP contribution in [0, 0.1) is 5.41 Å². The fourth-order valence-corrected chi connectivity index (χ4v) is 2.95. The van der Waals surface area contributed by atoms with Crippen molar-refractivity contribution in [2.24, 2.45) is 5.41 Å². The van der Waals surface area contributed by atoms with Gasteiger partial charge < -0.3 is 20.5 Å². The van der Waals surface area contributed by atoms with E-state index in [1.807, 2.05) is 6.92 Å². The summed E-state index contributed by atoms with van der Waals surface area (Å²) >= 11 is 0. The zero-order valence-electron chi connectivity index (χ0n) is 13.0. The van der Waals surface area contributed by atoms with Gasteiger partial charge in [0.2, 0.25) is 5.75 Å². The number of anilines is 2. The van der Waals surface area contributed by atoms with Crippen LogP contribution in [0.4, 0.5) is 11.6 Å². The second-order valence-electron chi connectivity index (χ2n) is 5.71. The highest BCUT2D eigenvalue weighted by molar-refractivity contribution is 5.63. The van der Waals surface area contributed by atoms with E-state index in [0.717, 1.165) is 19.4 Å². The number of aliphatic hydroxyl groups excluding tert-OH is 1. The third-order valence-corrected chi connectivity index (χ3v) is 4.23. The number of ether oxygens (including phenoxy) is 1. The van der Waals surface area contributed by atoms with Gasteiger partial charge in [0.1, 0.15) is 6.33 Å². The Labute approximate surface area is 126 Å². The van der Waals surface area contributed by atoms with Gasteiger partial charge in [0, 0.05) is 18.5 Å². The summed E-state index contributed by atoms with van der Waals surface area (Å²) in [5.74, 6) is 2.00. The van der Waals surface area contributed by atoms with Crippen LogP contribution in [0.25, 0.3) is 0 Å².